The Morgan fingerprint density at radius 2 is 1.67 bits per heavy atom. The van der Waals surface area contributed by atoms with Crippen LogP contribution in [0.15, 0.2) is 54.7 Å². The van der Waals surface area contributed by atoms with Gasteiger partial charge in [-0.05, 0) is 60.6 Å². The summed E-state index contributed by atoms with van der Waals surface area (Å²) in [6.45, 7) is 8.89. The van der Waals surface area contributed by atoms with E-state index in [0.29, 0.717) is 12.0 Å². The fraction of sp³-hybridized carbons (Fsp3) is 0.400. The lowest BCUT2D eigenvalue weighted by Gasteiger charge is -2.40. The fourth-order valence-electron chi connectivity index (χ4n) is 4.71. The van der Waals surface area contributed by atoms with Crippen LogP contribution in [0.5, 0.6) is 11.5 Å². The maximum absolute atomic E-state index is 11.7. The maximum Gasteiger partial charge on any atom is 0.307 e. The Balaban J connectivity index is 1.53. The minimum Gasteiger partial charge on any atom is -0.497 e. The van der Waals surface area contributed by atoms with Gasteiger partial charge in [-0.15, -0.1) is 0 Å². The molecule has 0 radical (unpaired) electrons. The van der Waals surface area contributed by atoms with Gasteiger partial charge in [0.15, 0.2) is 0 Å². The number of aliphatic carboxylic acids is 1. The summed E-state index contributed by atoms with van der Waals surface area (Å²) < 4.78 is 11.2. The molecule has 2 heterocycles. The second-order valence-corrected chi connectivity index (χ2v) is 10.3. The fourth-order valence-corrected chi connectivity index (χ4v) is 4.71. The second kappa shape index (κ2) is 11.0. The number of benzene rings is 2. The van der Waals surface area contributed by atoms with E-state index in [9.17, 15) is 9.90 Å². The number of nitrogens with zero attached hydrogens (tertiary/aromatic N) is 2. The molecule has 36 heavy (non-hydrogen) atoms. The van der Waals surface area contributed by atoms with Crippen LogP contribution >= 0.6 is 0 Å². The third-order valence-corrected chi connectivity index (χ3v) is 7.11. The third kappa shape index (κ3) is 6.17. The molecule has 4 rings (SSSR count). The molecule has 6 heteroatoms. The Hall–Kier alpha value is -3.54. The van der Waals surface area contributed by atoms with Crippen molar-refractivity contribution in [3.05, 3.63) is 71.5 Å². The minimum atomic E-state index is -0.837. The molecule has 0 spiro atoms. The molecule has 0 aliphatic carbocycles. The normalized spacial score (nSPS) is 14.9. The quantitative estimate of drug-likeness (QED) is 0.402. The van der Waals surface area contributed by atoms with Crippen molar-refractivity contribution in [2.24, 2.45) is 5.41 Å². The van der Waals surface area contributed by atoms with Crippen LogP contribution in [0, 0.1) is 12.3 Å². The molecule has 1 aliphatic heterocycles. The van der Waals surface area contributed by atoms with E-state index in [1.165, 1.54) is 5.56 Å². The number of carboxylic acid groups (broad SMARTS) is 1. The number of piperidine rings is 1. The van der Waals surface area contributed by atoms with Gasteiger partial charge in [-0.3, -0.25) is 9.78 Å². The molecular weight excluding hydrogens is 452 g/mol. The van der Waals surface area contributed by atoms with E-state index in [2.05, 4.69) is 23.7 Å². The Morgan fingerprint density at radius 3 is 2.28 bits per heavy atom. The number of hydrogen-bond donors (Lipinski definition) is 1. The molecule has 1 saturated heterocycles. The van der Waals surface area contributed by atoms with E-state index >= 15 is 0 Å². The van der Waals surface area contributed by atoms with Crippen LogP contribution in [0.1, 0.15) is 43.5 Å². The van der Waals surface area contributed by atoms with E-state index in [0.717, 1.165) is 71.9 Å². The first-order valence-corrected chi connectivity index (χ1v) is 12.6. The highest BCUT2D eigenvalue weighted by Gasteiger charge is 2.29. The first-order chi connectivity index (χ1) is 17.3. The van der Waals surface area contributed by atoms with E-state index in [1.807, 2.05) is 61.7 Å². The highest BCUT2D eigenvalue weighted by Crippen LogP contribution is 2.40. The zero-order valence-corrected chi connectivity index (χ0v) is 21.7. The van der Waals surface area contributed by atoms with Gasteiger partial charge in [-0.2, -0.15) is 0 Å². The molecule has 2 aromatic carbocycles. The van der Waals surface area contributed by atoms with Gasteiger partial charge < -0.3 is 19.5 Å². The number of carbonyl (C=O) groups is 1. The zero-order chi connectivity index (χ0) is 25.7. The van der Waals surface area contributed by atoms with E-state index < -0.39 is 5.97 Å². The minimum absolute atomic E-state index is 0.0333. The highest BCUT2D eigenvalue weighted by atomic mass is 16.5. The van der Waals surface area contributed by atoms with Crippen LogP contribution in [0.2, 0.25) is 0 Å². The molecule has 0 bridgehead atoms. The smallest absolute Gasteiger partial charge is 0.307 e. The van der Waals surface area contributed by atoms with Crippen molar-refractivity contribution in [1.82, 2.24) is 4.98 Å². The number of aryl methyl sites for hydroxylation is 1. The lowest BCUT2D eigenvalue weighted by Crippen LogP contribution is -2.38. The monoisotopic (exact) mass is 488 g/mol. The Labute approximate surface area is 213 Å². The largest absolute Gasteiger partial charge is 0.497 e. The van der Waals surface area contributed by atoms with Crippen molar-refractivity contribution in [3.63, 3.8) is 0 Å². The summed E-state index contributed by atoms with van der Waals surface area (Å²) in [6, 6.07) is 16.0. The molecule has 1 aromatic heterocycles. The number of hydrogen-bond acceptors (Lipinski definition) is 5. The van der Waals surface area contributed by atoms with Gasteiger partial charge in [0.1, 0.15) is 11.5 Å². The van der Waals surface area contributed by atoms with E-state index in [4.69, 9.17) is 9.47 Å². The number of ether oxygens (including phenoxy) is 2. The molecule has 0 atom stereocenters. The molecule has 0 amide bonds. The second-order valence-electron chi connectivity index (χ2n) is 10.3. The Kier molecular flexibility index (Phi) is 7.82. The number of methoxy groups -OCH3 is 1. The summed E-state index contributed by atoms with van der Waals surface area (Å²) in [5.74, 6) is 0.815. The average Bonchev–Trinajstić information content (AvgIpc) is 2.86. The number of anilines is 1. The summed E-state index contributed by atoms with van der Waals surface area (Å²) >= 11 is 0. The van der Waals surface area contributed by atoms with Gasteiger partial charge in [-0.1, -0.05) is 38.1 Å². The molecule has 1 aliphatic rings. The molecule has 3 aromatic rings. The number of pyridine rings is 1. The van der Waals surface area contributed by atoms with Crippen molar-refractivity contribution < 1.29 is 19.4 Å². The summed E-state index contributed by atoms with van der Waals surface area (Å²) in [7, 11) is 1.66. The van der Waals surface area contributed by atoms with Crippen LogP contribution in [0.3, 0.4) is 0 Å². The molecule has 190 valence electrons. The summed E-state index contributed by atoms with van der Waals surface area (Å²) in [6.07, 6.45) is 4.80. The van der Waals surface area contributed by atoms with Gasteiger partial charge in [0.25, 0.3) is 0 Å². The van der Waals surface area contributed by atoms with Gasteiger partial charge in [0.05, 0.1) is 25.8 Å². The first-order valence-electron chi connectivity index (χ1n) is 12.6. The predicted octanol–water partition coefficient (Wildman–Crippen LogP) is 5.94. The average molecular weight is 489 g/mol. The van der Waals surface area contributed by atoms with Crippen LogP contribution in [0.25, 0.3) is 11.1 Å². The summed E-state index contributed by atoms with van der Waals surface area (Å²) in [5.41, 5.74) is 6.07. The van der Waals surface area contributed by atoms with Crippen molar-refractivity contribution in [1.29, 1.82) is 0 Å². The van der Waals surface area contributed by atoms with Crippen molar-refractivity contribution in [3.8, 4) is 22.6 Å². The predicted molar refractivity (Wildman–Crippen MR) is 143 cm³/mol. The molecule has 6 nitrogen and oxygen atoms in total. The third-order valence-electron chi connectivity index (χ3n) is 7.11. The molecular formula is C30H36N2O4. The SMILES string of the molecule is COc1ccc(CCOc2ccc(-c3cnc(C)c(CC(=O)O)c3N3CCC(C)(C)CC3)cc2)cc1. The Morgan fingerprint density at radius 1 is 1.03 bits per heavy atom. The van der Waals surface area contributed by atoms with Gasteiger partial charge >= 0.3 is 5.97 Å². The van der Waals surface area contributed by atoms with Crippen molar-refractivity contribution >= 4 is 11.7 Å². The van der Waals surface area contributed by atoms with Crippen LogP contribution in [0.4, 0.5) is 5.69 Å². The lowest BCUT2D eigenvalue weighted by atomic mass is 9.82. The first kappa shape index (κ1) is 25.5. The number of aromatic nitrogens is 1. The van der Waals surface area contributed by atoms with Crippen LogP contribution < -0.4 is 14.4 Å². The van der Waals surface area contributed by atoms with E-state index in [-0.39, 0.29) is 6.42 Å². The van der Waals surface area contributed by atoms with Gasteiger partial charge in [0.2, 0.25) is 0 Å². The zero-order valence-electron chi connectivity index (χ0n) is 21.7. The number of carboxylic acids is 1. The topological polar surface area (TPSA) is 71.9 Å². The molecule has 0 saturated carbocycles. The Bertz CT molecular complexity index is 1180. The molecule has 0 unspecified atom stereocenters. The lowest BCUT2D eigenvalue weighted by molar-refractivity contribution is -0.136. The molecule has 1 fully saturated rings. The summed E-state index contributed by atoms with van der Waals surface area (Å²) in [5, 5.41) is 9.62. The van der Waals surface area contributed by atoms with E-state index in [1.54, 1.807) is 7.11 Å². The van der Waals surface area contributed by atoms with Crippen molar-refractivity contribution in [2.75, 3.05) is 31.7 Å². The highest BCUT2D eigenvalue weighted by molar-refractivity contribution is 5.84. The maximum atomic E-state index is 11.7. The molecule has 1 N–H and O–H groups in total. The summed E-state index contributed by atoms with van der Waals surface area (Å²) in [4.78, 5) is 18.7. The standard InChI is InChI=1S/C30H36N2O4/c1-21-26(19-28(33)34)29(32-16-14-30(2,3)15-17-32)27(20-31-21)23-7-11-25(12-8-23)36-18-13-22-5-9-24(35-4)10-6-22/h5-12,20H,13-19H2,1-4H3,(H,33,34). The number of rotatable bonds is 9. The van der Waals surface area contributed by atoms with Gasteiger partial charge in [-0.25, -0.2) is 0 Å². The van der Waals surface area contributed by atoms with Crippen LogP contribution in [-0.4, -0.2) is 42.9 Å². The van der Waals surface area contributed by atoms with Gasteiger partial charge in [0, 0.05) is 42.5 Å². The van der Waals surface area contributed by atoms with Crippen LogP contribution in [-0.2, 0) is 17.6 Å². The van der Waals surface area contributed by atoms with Crippen molar-refractivity contribution in [2.45, 2.75) is 46.5 Å².